The summed E-state index contributed by atoms with van der Waals surface area (Å²) in [5.41, 5.74) is 5.28. The highest BCUT2D eigenvalue weighted by molar-refractivity contribution is 5.80. The summed E-state index contributed by atoms with van der Waals surface area (Å²) in [4.78, 5) is 0. The van der Waals surface area contributed by atoms with Gasteiger partial charge in [-0.05, 0) is 44.4 Å². The third-order valence-electron chi connectivity index (χ3n) is 3.26. The van der Waals surface area contributed by atoms with Gasteiger partial charge in [-0.3, -0.25) is 0 Å². The Morgan fingerprint density at radius 1 is 0.667 bits per heavy atom. The molecule has 0 atom stereocenters. The Hall–Kier alpha value is -2.02. The van der Waals surface area contributed by atoms with Crippen molar-refractivity contribution in [1.82, 2.24) is 4.57 Å². The van der Waals surface area contributed by atoms with Gasteiger partial charge in [-0.1, -0.05) is 60.9 Å². The number of hydrogen-bond acceptors (Lipinski definition) is 0. The molecule has 0 radical (unpaired) electrons. The molecule has 3 aromatic rings. The molecule has 0 amide bonds. The molecule has 0 unspecified atom stereocenters. The molecule has 3 rings (SSSR count). The van der Waals surface area contributed by atoms with Crippen LogP contribution in [-0.4, -0.2) is 4.57 Å². The molecule has 1 heteroatoms. The number of nitrogens with zero attached hydrogens (tertiary/aromatic N) is 1. The van der Waals surface area contributed by atoms with Gasteiger partial charge in [0.25, 0.3) is 0 Å². The van der Waals surface area contributed by atoms with Crippen molar-refractivity contribution in [2.75, 3.05) is 0 Å². The van der Waals surface area contributed by atoms with Crippen LogP contribution < -0.4 is 0 Å². The zero-order valence-electron chi connectivity index (χ0n) is 14.1. The first-order chi connectivity index (χ1) is 10.1. The van der Waals surface area contributed by atoms with Gasteiger partial charge >= 0.3 is 0 Å². The van der Waals surface area contributed by atoms with E-state index < -0.39 is 0 Å². The Morgan fingerprint density at radius 2 is 1.14 bits per heavy atom. The molecule has 21 heavy (non-hydrogen) atoms. The number of benzene rings is 2. The van der Waals surface area contributed by atoms with Crippen LogP contribution in [0.5, 0.6) is 0 Å². The SMILES string of the molecule is CC.Cc1ccc(C)cc1.Cc1ccc2c(ccn2C)c1. The third kappa shape index (κ3) is 5.11. The average Bonchev–Trinajstić information content (AvgIpc) is 2.86. The summed E-state index contributed by atoms with van der Waals surface area (Å²) >= 11 is 0. The van der Waals surface area contributed by atoms with Gasteiger partial charge in [0.15, 0.2) is 0 Å². The standard InChI is InChI=1S/C10H11N.C8H10.C2H6/c1-8-3-4-10-9(7-8)5-6-11(10)2;1-7-3-5-8(2)6-4-7;1-2/h3-7H,1-2H3;3-6H,1-2H3;1-2H3. The Labute approximate surface area is 129 Å². The van der Waals surface area contributed by atoms with E-state index in [2.05, 4.69) is 87.1 Å². The monoisotopic (exact) mass is 281 g/mol. The summed E-state index contributed by atoms with van der Waals surface area (Å²) in [5.74, 6) is 0. The predicted molar refractivity (Wildman–Crippen MR) is 94.9 cm³/mol. The maximum atomic E-state index is 2.20. The minimum atomic E-state index is 1.30. The highest BCUT2D eigenvalue weighted by atomic mass is 14.9. The molecule has 0 fully saturated rings. The summed E-state index contributed by atoms with van der Waals surface area (Å²) in [6.45, 7) is 10.3. The average molecular weight is 281 g/mol. The van der Waals surface area contributed by atoms with Crippen molar-refractivity contribution in [3.05, 3.63) is 71.4 Å². The van der Waals surface area contributed by atoms with Crippen LogP contribution in [0.25, 0.3) is 10.9 Å². The fraction of sp³-hybridized carbons (Fsp3) is 0.300. The molecule has 2 aromatic carbocycles. The van der Waals surface area contributed by atoms with Crippen molar-refractivity contribution in [3.8, 4) is 0 Å². The van der Waals surface area contributed by atoms with Gasteiger partial charge in [-0.15, -0.1) is 0 Å². The largest absolute Gasteiger partial charge is 0.351 e. The molecule has 0 saturated carbocycles. The van der Waals surface area contributed by atoms with Crippen LogP contribution in [0, 0.1) is 20.8 Å². The van der Waals surface area contributed by atoms with Crippen LogP contribution in [0.2, 0.25) is 0 Å². The first-order valence-electron chi connectivity index (χ1n) is 7.61. The molecule has 0 aliphatic heterocycles. The van der Waals surface area contributed by atoms with Gasteiger partial charge in [-0.25, -0.2) is 0 Å². The Morgan fingerprint density at radius 3 is 1.67 bits per heavy atom. The minimum absolute atomic E-state index is 1.30. The van der Waals surface area contributed by atoms with Crippen molar-refractivity contribution in [2.45, 2.75) is 34.6 Å². The lowest BCUT2D eigenvalue weighted by atomic mass is 10.2. The van der Waals surface area contributed by atoms with E-state index in [0.29, 0.717) is 0 Å². The van der Waals surface area contributed by atoms with Gasteiger partial charge in [-0.2, -0.15) is 0 Å². The van der Waals surface area contributed by atoms with E-state index in [1.54, 1.807) is 0 Å². The number of aryl methyl sites for hydroxylation is 4. The molecule has 0 spiro atoms. The first-order valence-corrected chi connectivity index (χ1v) is 7.61. The van der Waals surface area contributed by atoms with E-state index in [1.165, 1.54) is 27.6 Å². The second-order valence-electron chi connectivity index (χ2n) is 5.14. The van der Waals surface area contributed by atoms with Gasteiger partial charge in [0.2, 0.25) is 0 Å². The summed E-state index contributed by atoms with van der Waals surface area (Å²) < 4.78 is 2.13. The van der Waals surface area contributed by atoms with E-state index in [0.717, 1.165) is 0 Å². The predicted octanol–water partition coefficient (Wildman–Crippen LogP) is 5.82. The molecule has 112 valence electrons. The van der Waals surface area contributed by atoms with Crippen LogP contribution >= 0.6 is 0 Å². The minimum Gasteiger partial charge on any atom is -0.351 e. The molecule has 1 aromatic heterocycles. The van der Waals surface area contributed by atoms with Gasteiger partial charge in [0, 0.05) is 18.8 Å². The second-order valence-corrected chi connectivity index (χ2v) is 5.14. The fourth-order valence-corrected chi connectivity index (χ4v) is 2.04. The molecule has 0 aliphatic carbocycles. The van der Waals surface area contributed by atoms with Crippen molar-refractivity contribution in [3.63, 3.8) is 0 Å². The normalized spacial score (nSPS) is 9.43. The maximum Gasteiger partial charge on any atom is 0.0477 e. The third-order valence-corrected chi connectivity index (χ3v) is 3.26. The van der Waals surface area contributed by atoms with E-state index >= 15 is 0 Å². The lowest BCUT2D eigenvalue weighted by Gasteiger charge is -1.95. The Balaban J connectivity index is 0.000000196. The van der Waals surface area contributed by atoms with E-state index in [-0.39, 0.29) is 0 Å². The molecule has 1 heterocycles. The van der Waals surface area contributed by atoms with Crippen LogP contribution in [0.15, 0.2) is 54.7 Å². The highest BCUT2D eigenvalue weighted by Gasteiger charge is 1.95. The van der Waals surface area contributed by atoms with Crippen molar-refractivity contribution in [1.29, 1.82) is 0 Å². The smallest absolute Gasteiger partial charge is 0.0477 e. The van der Waals surface area contributed by atoms with E-state index in [9.17, 15) is 0 Å². The van der Waals surface area contributed by atoms with E-state index in [4.69, 9.17) is 0 Å². The zero-order valence-corrected chi connectivity index (χ0v) is 14.1. The van der Waals surface area contributed by atoms with Gasteiger partial charge in [0.1, 0.15) is 0 Å². The fourth-order valence-electron chi connectivity index (χ4n) is 2.04. The Kier molecular flexibility index (Phi) is 6.74. The van der Waals surface area contributed by atoms with Gasteiger partial charge < -0.3 is 4.57 Å². The molecule has 0 N–H and O–H groups in total. The maximum absolute atomic E-state index is 2.20. The lowest BCUT2D eigenvalue weighted by molar-refractivity contribution is 0.969. The highest BCUT2D eigenvalue weighted by Crippen LogP contribution is 2.15. The van der Waals surface area contributed by atoms with Crippen LogP contribution in [-0.2, 0) is 7.05 Å². The molecule has 0 saturated heterocycles. The van der Waals surface area contributed by atoms with E-state index in [1.807, 2.05) is 13.8 Å². The van der Waals surface area contributed by atoms with Crippen LogP contribution in [0.4, 0.5) is 0 Å². The van der Waals surface area contributed by atoms with Crippen LogP contribution in [0.3, 0.4) is 0 Å². The molecule has 0 aliphatic rings. The molecular weight excluding hydrogens is 254 g/mol. The molecular formula is C20H27N. The number of fused-ring (bicyclic) bond motifs is 1. The van der Waals surface area contributed by atoms with Gasteiger partial charge in [0.05, 0.1) is 0 Å². The number of rotatable bonds is 0. The van der Waals surface area contributed by atoms with Crippen LogP contribution in [0.1, 0.15) is 30.5 Å². The summed E-state index contributed by atoms with van der Waals surface area (Å²) in [6.07, 6.45) is 2.09. The van der Waals surface area contributed by atoms with Crippen molar-refractivity contribution < 1.29 is 0 Å². The number of aromatic nitrogens is 1. The lowest BCUT2D eigenvalue weighted by Crippen LogP contribution is -1.82. The Bertz CT molecular complexity index is 639. The quantitative estimate of drug-likeness (QED) is 0.489. The summed E-state index contributed by atoms with van der Waals surface area (Å²) in [5, 5.41) is 1.33. The summed E-state index contributed by atoms with van der Waals surface area (Å²) in [7, 11) is 2.07. The zero-order chi connectivity index (χ0) is 15.8. The van der Waals surface area contributed by atoms with Crippen molar-refractivity contribution >= 4 is 10.9 Å². The summed E-state index contributed by atoms with van der Waals surface area (Å²) in [6, 6.07) is 17.1. The number of hydrogen-bond donors (Lipinski definition) is 0. The molecule has 1 nitrogen and oxygen atoms in total. The topological polar surface area (TPSA) is 4.93 Å². The molecule has 0 bridgehead atoms. The first kappa shape index (κ1) is 17.0. The second kappa shape index (κ2) is 8.31. The van der Waals surface area contributed by atoms with Crippen molar-refractivity contribution in [2.24, 2.45) is 7.05 Å².